The predicted molar refractivity (Wildman–Crippen MR) is 98.7 cm³/mol. The zero-order valence-corrected chi connectivity index (χ0v) is 15.7. The minimum Gasteiger partial charge on any atom is -0.291 e. The van der Waals surface area contributed by atoms with Crippen LogP contribution >= 0.6 is 0 Å². The lowest BCUT2D eigenvalue weighted by Gasteiger charge is -2.34. The van der Waals surface area contributed by atoms with Gasteiger partial charge in [0.15, 0.2) is 0 Å². The highest BCUT2D eigenvalue weighted by molar-refractivity contribution is 7.88. The summed E-state index contributed by atoms with van der Waals surface area (Å²) < 4.78 is 27.2. The van der Waals surface area contributed by atoms with E-state index in [9.17, 15) is 8.42 Å². The summed E-state index contributed by atoms with van der Waals surface area (Å²) >= 11 is 0. The van der Waals surface area contributed by atoms with Crippen LogP contribution in [0.4, 0.5) is 0 Å². The lowest BCUT2D eigenvalue weighted by atomic mass is 10.1. The summed E-state index contributed by atoms with van der Waals surface area (Å²) in [4.78, 5) is 2.41. The van der Waals surface area contributed by atoms with Crippen molar-refractivity contribution in [1.29, 1.82) is 0 Å². The van der Waals surface area contributed by atoms with Crippen LogP contribution < -0.4 is 4.72 Å². The fraction of sp³-hybridized carbons (Fsp3) is 0.500. The Balaban J connectivity index is 1.66. The van der Waals surface area contributed by atoms with Gasteiger partial charge in [0.05, 0.1) is 18.0 Å². The van der Waals surface area contributed by atoms with E-state index in [2.05, 4.69) is 45.9 Å². The van der Waals surface area contributed by atoms with Gasteiger partial charge in [-0.1, -0.05) is 31.2 Å². The van der Waals surface area contributed by atoms with Crippen molar-refractivity contribution in [1.82, 2.24) is 19.4 Å². The number of aromatic nitrogens is 2. The SMILES string of the molecule is CCc1ccc(CN2Cc3ccnn3C(CCNS(C)(=O)=O)C2)cc1. The van der Waals surface area contributed by atoms with Crippen LogP contribution in [-0.2, 0) is 29.5 Å². The topological polar surface area (TPSA) is 67.2 Å². The van der Waals surface area contributed by atoms with Crippen LogP contribution in [0, 0.1) is 0 Å². The normalized spacial score (nSPS) is 18.2. The molecule has 3 rings (SSSR count). The van der Waals surface area contributed by atoms with Gasteiger partial charge in [-0.2, -0.15) is 5.10 Å². The molecule has 25 heavy (non-hydrogen) atoms. The van der Waals surface area contributed by atoms with Gasteiger partial charge in [-0.25, -0.2) is 13.1 Å². The smallest absolute Gasteiger partial charge is 0.208 e. The van der Waals surface area contributed by atoms with Crippen molar-refractivity contribution in [3.63, 3.8) is 0 Å². The van der Waals surface area contributed by atoms with Gasteiger partial charge in [-0.05, 0) is 30.0 Å². The maximum Gasteiger partial charge on any atom is 0.208 e. The average molecular weight is 362 g/mol. The van der Waals surface area contributed by atoms with Gasteiger partial charge in [-0.3, -0.25) is 9.58 Å². The van der Waals surface area contributed by atoms with E-state index < -0.39 is 10.0 Å². The van der Waals surface area contributed by atoms with E-state index in [1.165, 1.54) is 23.1 Å². The second kappa shape index (κ2) is 7.68. The van der Waals surface area contributed by atoms with E-state index in [1.54, 1.807) is 0 Å². The Labute approximate surface area is 149 Å². The third-order valence-electron chi connectivity index (χ3n) is 4.63. The fourth-order valence-electron chi connectivity index (χ4n) is 3.35. The molecule has 0 aliphatic carbocycles. The van der Waals surface area contributed by atoms with Gasteiger partial charge in [0.2, 0.25) is 10.0 Å². The van der Waals surface area contributed by atoms with Crippen LogP contribution in [0.3, 0.4) is 0 Å². The number of hydrogen-bond donors (Lipinski definition) is 1. The molecule has 1 atom stereocenters. The first-order valence-electron chi connectivity index (χ1n) is 8.72. The minimum absolute atomic E-state index is 0.183. The number of fused-ring (bicyclic) bond motifs is 1. The zero-order valence-electron chi connectivity index (χ0n) is 14.9. The first kappa shape index (κ1) is 18.1. The minimum atomic E-state index is -3.15. The molecular weight excluding hydrogens is 336 g/mol. The van der Waals surface area contributed by atoms with Crippen molar-refractivity contribution in [3.8, 4) is 0 Å². The van der Waals surface area contributed by atoms with Gasteiger partial charge in [0.1, 0.15) is 0 Å². The number of nitrogens with one attached hydrogen (secondary N) is 1. The van der Waals surface area contributed by atoms with Crippen LogP contribution in [0.15, 0.2) is 36.5 Å². The predicted octanol–water partition coefficient (Wildman–Crippen LogP) is 1.94. The van der Waals surface area contributed by atoms with E-state index in [0.29, 0.717) is 6.54 Å². The maximum atomic E-state index is 11.3. The molecule has 1 aromatic heterocycles. The van der Waals surface area contributed by atoms with Crippen molar-refractivity contribution in [3.05, 3.63) is 53.3 Å². The lowest BCUT2D eigenvalue weighted by Crippen LogP contribution is -2.38. The standard InChI is InChI=1S/C18H26N4O2S/c1-3-15-4-6-16(7-5-15)12-21-13-17-8-10-19-22(17)18(14-21)9-11-20-25(2,23)24/h4-8,10,18,20H,3,9,11-14H2,1-2H3. The fourth-order valence-corrected chi connectivity index (χ4v) is 3.84. The van der Waals surface area contributed by atoms with Gasteiger partial charge >= 0.3 is 0 Å². The molecule has 1 N–H and O–H groups in total. The molecule has 6 nitrogen and oxygen atoms in total. The van der Waals surface area contributed by atoms with Gasteiger partial charge in [0.25, 0.3) is 0 Å². The first-order chi connectivity index (χ1) is 11.9. The van der Waals surface area contributed by atoms with Crippen molar-refractivity contribution >= 4 is 10.0 Å². The van der Waals surface area contributed by atoms with Crippen LogP contribution in [-0.4, -0.2) is 42.4 Å². The maximum absolute atomic E-state index is 11.3. The average Bonchev–Trinajstić information content (AvgIpc) is 3.03. The number of rotatable bonds is 7. The molecule has 136 valence electrons. The van der Waals surface area contributed by atoms with Crippen molar-refractivity contribution < 1.29 is 8.42 Å². The number of hydrogen-bond acceptors (Lipinski definition) is 4. The first-order valence-corrected chi connectivity index (χ1v) is 10.6. The largest absolute Gasteiger partial charge is 0.291 e. The van der Waals surface area contributed by atoms with E-state index in [1.807, 2.05) is 16.9 Å². The van der Waals surface area contributed by atoms with Gasteiger partial charge in [0, 0.05) is 32.4 Å². The third kappa shape index (κ3) is 4.90. The quantitative estimate of drug-likeness (QED) is 0.817. The number of sulfonamides is 1. The Morgan fingerprint density at radius 2 is 1.92 bits per heavy atom. The molecule has 2 heterocycles. The molecule has 1 aliphatic heterocycles. The molecule has 2 aromatic rings. The third-order valence-corrected chi connectivity index (χ3v) is 5.36. The number of benzene rings is 1. The van der Waals surface area contributed by atoms with E-state index in [0.717, 1.165) is 32.5 Å². The molecule has 0 radical (unpaired) electrons. The van der Waals surface area contributed by atoms with Crippen molar-refractivity contribution in [2.24, 2.45) is 0 Å². The molecule has 1 aromatic carbocycles. The second-order valence-corrected chi connectivity index (χ2v) is 8.55. The molecular formula is C18H26N4O2S. The van der Waals surface area contributed by atoms with Crippen LogP contribution in [0.25, 0.3) is 0 Å². The molecule has 1 aliphatic rings. The Kier molecular flexibility index (Phi) is 5.56. The summed E-state index contributed by atoms with van der Waals surface area (Å²) in [6, 6.07) is 11.0. The molecule has 0 saturated heterocycles. The highest BCUT2D eigenvalue weighted by Gasteiger charge is 2.25. The zero-order chi connectivity index (χ0) is 17.9. The highest BCUT2D eigenvalue weighted by atomic mass is 32.2. The molecule has 1 unspecified atom stereocenters. The molecule has 0 saturated carbocycles. The lowest BCUT2D eigenvalue weighted by molar-refractivity contribution is 0.162. The molecule has 0 amide bonds. The molecule has 7 heteroatoms. The molecule has 0 bridgehead atoms. The van der Waals surface area contributed by atoms with Crippen LogP contribution in [0.5, 0.6) is 0 Å². The molecule has 0 fully saturated rings. The van der Waals surface area contributed by atoms with Gasteiger partial charge in [-0.15, -0.1) is 0 Å². The Bertz CT molecular complexity index is 799. The van der Waals surface area contributed by atoms with Crippen LogP contribution in [0.2, 0.25) is 0 Å². The molecule has 0 spiro atoms. The van der Waals surface area contributed by atoms with E-state index >= 15 is 0 Å². The summed E-state index contributed by atoms with van der Waals surface area (Å²) in [5.41, 5.74) is 3.84. The van der Waals surface area contributed by atoms with Gasteiger partial charge < -0.3 is 0 Å². The van der Waals surface area contributed by atoms with Crippen molar-refractivity contribution in [2.45, 2.75) is 38.9 Å². The Morgan fingerprint density at radius 3 is 2.60 bits per heavy atom. The Hall–Kier alpha value is -1.70. The summed E-state index contributed by atoms with van der Waals surface area (Å²) in [5.74, 6) is 0. The van der Waals surface area contributed by atoms with E-state index in [-0.39, 0.29) is 6.04 Å². The number of aryl methyl sites for hydroxylation is 1. The highest BCUT2D eigenvalue weighted by Crippen LogP contribution is 2.24. The summed E-state index contributed by atoms with van der Waals surface area (Å²) in [6.07, 6.45) is 4.80. The summed E-state index contributed by atoms with van der Waals surface area (Å²) in [6.45, 7) is 5.23. The van der Waals surface area contributed by atoms with E-state index in [4.69, 9.17) is 0 Å². The monoisotopic (exact) mass is 362 g/mol. The summed E-state index contributed by atoms with van der Waals surface area (Å²) in [5, 5.41) is 4.43. The Morgan fingerprint density at radius 1 is 1.20 bits per heavy atom. The van der Waals surface area contributed by atoms with Crippen LogP contribution in [0.1, 0.15) is 36.2 Å². The second-order valence-electron chi connectivity index (χ2n) is 6.72. The summed E-state index contributed by atoms with van der Waals surface area (Å²) in [7, 11) is -3.15. The van der Waals surface area contributed by atoms with Crippen molar-refractivity contribution in [2.75, 3.05) is 19.3 Å². The number of nitrogens with zero attached hydrogens (tertiary/aromatic N) is 3.